The molecule has 0 fully saturated rings. The van der Waals surface area contributed by atoms with E-state index in [0.29, 0.717) is 5.56 Å². The van der Waals surface area contributed by atoms with Crippen molar-refractivity contribution in [1.82, 2.24) is 9.99 Å². The summed E-state index contributed by atoms with van der Waals surface area (Å²) < 4.78 is 2.06. The second-order valence-corrected chi connectivity index (χ2v) is 4.65. The highest BCUT2D eigenvalue weighted by Crippen LogP contribution is 2.22. The molecule has 0 saturated heterocycles. The second kappa shape index (κ2) is 5.19. The van der Waals surface area contributed by atoms with Gasteiger partial charge in [-0.05, 0) is 11.6 Å². The Bertz CT molecular complexity index is 747. The molecule has 0 radical (unpaired) electrons. The van der Waals surface area contributed by atoms with Gasteiger partial charge in [-0.2, -0.15) is 0 Å². The van der Waals surface area contributed by atoms with Crippen molar-refractivity contribution in [3.63, 3.8) is 0 Å². The van der Waals surface area contributed by atoms with E-state index >= 15 is 0 Å². The molecule has 4 heteroatoms. The number of carbonyl (C=O) groups excluding carboxylic acids is 1. The van der Waals surface area contributed by atoms with Gasteiger partial charge in [0.1, 0.15) is 0 Å². The molecule has 20 heavy (non-hydrogen) atoms. The highest BCUT2D eigenvalue weighted by Gasteiger charge is 2.13. The summed E-state index contributed by atoms with van der Waals surface area (Å²) in [6.07, 6.45) is 1.85. The minimum absolute atomic E-state index is 0.270. The van der Waals surface area contributed by atoms with Crippen LogP contribution >= 0.6 is 0 Å². The van der Waals surface area contributed by atoms with E-state index in [1.165, 1.54) is 5.56 Å². The molecule has 0 aliphatic rings. The lowest BCUT2D eigenvalue weighted by molar-refractivity contribution is 0.0955. The number of nitrogens with two attached hydrogens (primary N) is 1. The van der Waals surface area contributed by atoms with E-state index in [1.807, 2.05) is 48.7 Å². The summed E-state index contributed by atoms with van der Waals surface area (Å²) in [7, 11) is 0. The average Bonchev–Trinajstić information content (AvgIpc) is 2.87. The van der Waals surface area contributed by atoms with Crippen LogP contribution < -0.4 is 11.3 Å². The summed E-state index contributed by atoms with van der Waals surface area (Å²) in [6.45, 7) is 0.721. The summed E-state index contributed by atoms with van der Waals surface area (Å²) in [4.78, 5) is 11.8. The number of fused-ring (bicyclic) bond motifs is 1. The van der Waals surface area contributed by atoms with E-state index in [2.05, 4.69) is 22.1 Å². The Morgan fingerprint density at radius 2 is 1.75 bits per heavy atom. The summed E-state index contributed by atoms with van der Waals surface area (Å²) in [5, 5.41) is 0.909. The maximum atomic E-state index is 11.8. The monoisotopic (exact) mass is 265 g/mol. The van der Waals surface area contributed by atoms with Gasteiger partial charge in [0, 0.05) is 23.6 Å². The van der Waals surface area contributed by atoms with Gasteiger partial charge in [-0.15, -0.1) is 0 Å². The van der Waals surface area contributed by atoms with Gasteiger partial charge in [0.25, 0.3) is 5.91 Å². The first-order chi connectivity index (χ1) is 9.79. The van der Waals surface area contributed by atoms with Crippen molar-refractivity contribution in [3.05, 3.63) is 71.9 Å². The van der Waals surface area contributed by atoms with E-state index in [0.717, 1.165) is 17.4 Å². The smallest absolute Gasteiger partial charge is 0.267 e. The first-order valence-corrected chi connectivity index (χ1v) is 6.42. The van der Waals surface area contributed by atoms with E-state index in [9.17, 15) is 4.79 Å². The molecule has 100 valence electrons. The molecule has 2 aromatic carbocycles. The van der Waals surface area contributed by atoms with Gasteiger partial charge in [0.15, 0.2) is 0 Å². The predicted molar refractivity (Wildman–Crippen MR) is 79.1 cm³/mol. The van der Waals surface area contributed by atoms with Crippen molar-refractivity contribution in [2.24, 2.45) is 5.84 Å². The number of nitrogens with one attached hydrogen (secondary N) is 1. The second-order valence-electron chi connectivity index (χ2n) is 4.65. The average molecular weight is 265 g/mol. The zero-order chi connectivity index (χ0) is 13.9. The Labute approximate surface area is 116 Å². The molecule has 1 amide bonds. The Balaban J connectivity index is 2.09. The highest BCUT2D eigenvalue weighted by atomic mass is 16.2. The molecule has 0 aliphatic carbocycles. The van der Waals surface area contributed by atoms with Crippen LogP contribution in [0.5, 0.6) is 0 Å². The summed E-state index contributed by atoms with van der Waals surface area (Å²) in [6, 6.07) is 18.0. The molecule has 0 spiro atoms. The maximum absolute atomic E-state index is 11.8. The van der Waals surface area contributed by atoms with Crippen LogP contribution in [-0.2, 0) is 6.54 Å². The zero-order valence-electron chi connectivity index (χ0n) is 10.9. The van der Waals surface area contributed by atoms with Crippen LogP contribution in [0, 0.1) is 0 Å². The summed E-state index contributed by atoms with van der Waals surface area (Å²) >= 11 is 0. The van der Waals surface area contributed by atoms with Gasteiger partial charge in [0.2, 0.25) is 0 Å². The van der Waals surface area contributed by atoms with Crippen molar-refractivity contribution in [2.75, 3.05) is 0 Å². The number of amides is 1. The Hall–Kier alpha value is -2.59. The fourth-order valence-corrected chi connectivity index (χ4v) is 2.42. The number of aromatic nitrogens is 1. The minimum atomic E-state index is -0.270. The molecule has 0 atom stereocenters. The lowest BCUT2D eigenvalue weighted by Gasteiger charge is -2.05. The predicted octanol–water partition coefficient (Wildman–Crippen LogP) is 2.29. The Morgan fingerprint density at radius 3 is 2.50 bits per heavy atom. The molecule has 0 saturated carbocycles. The molecule has 3 N–H and O–H groups in total. The number of nitrogen functional groups attached to an aromatic ring is 1. The maximum Gasteiger partial charge on any atom is 0.267 e. The van der Waals surface area contributed by atoms with Crippen LogP contribution in [0.15, 0.2) is 60.8 Å². The zero-order valence-corrected chi connectivity index (χ0v) is 10.9. The summed E-state index contributed by atoms with van der Waals surface area (Å²) in [5.41, 5.74) is 5.01. The van der Waals surface area contributed by atoms with Crippen molar-refractivity contribution in [1.29, 1.82) is 0 Å². The quantitative estimate of drug-likeness (QED) is 0.433. The standard InChI is InChI=1S/C16H15N3O/c17-18-16(20)14-11-19(10-12-6-2-1-3-7-12)15-9-5-4-8-13(14)15/h1-9,11H,10,17H2,(H,18,20). The molecular formula is C16H15N3O. The van der Waals surface area contributed by atoms with E-state index in [4.69, 9.17) is 5.84 Å². The van der Waals surface area contributed by atoms with Gasteiger partial charge < -0.3 is 4.57 Å². The first-order valence-electron chi connectivity index (χ1n) is 6.42. The number of benzene rings is 2. The van der Waals surface area contributed by atoms with Gasteiger partial charge >= 0.3 is 0 Å². The molecule has 1 aromatic heterocycles. The number of para-hydroxylation sites is 1. The molecule has 4 nitrogen and oxygen atoms in total. The SMILES string of the molecule is NNC(=O)c1cn(Cc2ccccc2)c2ccccc12. The Kier molecular flexibility index (Phi) is 3.23. The molecule has 0 unspecified atom stereocenters. The lowest BCUT2D eigenvalue weighted by Crippen LogP contribution is -2.29. The van der Waals surface area contributed by atoms with Gasteiger partial charge in [-0.1, -0.05) is 48.5 Å². The topological polar surface area (TPSA) is 60.0 Å². The number of hydrazine groups is 1. The van der Waals surface area contributed by atoms with Crippen LogP contribution in [0.25, 0.3) is 10.9 Å². The lowest BCUT2D eigenvalue weighted by atomic mass is 10.2. The molecule has 3 aromatic rings. The minimum Gasteiger partial charge on any atom is -0.342 e. The Morgan fingerprint density at radius 1 is 1.05 bits per heavy atom. The third-order valence-electron chi connectivity index (χ3n) is 3.36. The van der Waals surface area contributed by atoms with Crippen LogP contribution in [0.2, 0.25) is 0 Å². The number of hydrogen-bond acceptors (Lipinski definition) is 2. The third kappa shape index (κ3) is 2.17. The molecule has 0 bridgehead atoms. The van der Waals surface area contributed by atoms with Crippen molar-refractivity contribution in [3.8, 4) is 0 Å². The van der Waals surface area contributed by atoms with Crippen LogP contribution in [-0.4, -0.2) is 10.5 Å². The largest absolute Gasteiger partial charge is 0.342 e. The van der Waals surface area contributed by atoms with Crippen LogP contribution in [0.1, 0.15) is 15.9 Å². The number of hydrogen-bond donors (Lipinski definition) is 2. The van der Waals surface area contributed by atoms with Gasteiger partial charge in [-0.25, -0.2) is 5.84 Å². The highest BCUT2D eigenvalue weighted by molar-refractivity contribution is 6.06. The first kappa shape index (κ1) is 12.4. The van der Waals surface area contributed by atoms with Crippen molar-refractivity contribution in [2.45, 2.75) is 6.54 Å². The summed E-state index contributed by atoms with van der Waals surface area (Å²) in [5.74, 6) is 4.98. The molecule has 0 aliphatic heterocycles. The van der Waals surface area contributed by atoms with E-state index in [1.54, 1.807) is 0 Å². The number of carbonyl (C=O) groups is 1. The van der Waals surface area contributed by atoms with Crippen LogP contribution in [0.3, 0.4) is 0 Å². The number of nitrogens with zero attached hydrogens (tertiary/aromatic N) is 1. The van der Waals surface area contributed by atoms with E-state index < -0.39 is 0 Å². The van der Waals surface area contributed by atoms with Gasteiger partial charge in [0.05, 0.1) is 5.56 Å². The van der Waals surface area contributed by atoms with Gasteiger partial charge in [-0.3, -0.25) is 10.2 Å². The number of rotatable bonds is 3. The van der Waals surface area contributed by atoms with E-state index in [-0.39, 0.29) is 5.91 Å². The third-order valence-corrected chi connectivity index (χ3v) is 3.36. The van der Waals surface area contributed by atoms with Crippen molar-refractivity contribution >= 4 is 16.8 Å². The molecule has 3 rings (SSSR count). The molecular weight excluding hydrogens is 250 g/mol. The van der Waals surface area contributed by atoms with Crippen LogP contribution in [0.4, 0.5) is 0 Å². The normalized spacial score (nSPS) is 10.7. The molecule has 1 heterocycles. The van der Waals surface area contributed by atoms with Crippen molar-refractivity contribution < 1.29 is 4.79 Å². The fraction of sp³-hybridized carbons (Fsp3) is 0.0625. The fourth-order valence-electron chi connectivity index (χ4n) is 2.42.